The van der Waals surface area contributed by atoms with Crippen molar-refractivity contribution in [3.05, 3.63) is 54.3 Å². The van der Waals surface area contributed by atoms with E-state index in [9.17, 15) is 4.79 Å². The van der Waals surface area contributed by atoms with Crippen LogP contribution in [0.25, 0.3) is 6.08 Å². The van der Waals surface area contributed by atoms with E-state index in [2.05, 4.69) is 6.58 Å². The van der Waals surface area contributed by atoms with Crippen molar-refractivity contribution in [3.63, 3.8) is 0 Å². The summed E-state index contributed by atoms with van der Waals surface area (Å²) in [7, 11) is 0. The molecule has 0 heterocycles. The van der Waals surface area contributed by atoms with Gasteiger partial charge in [0.15, 0.2) is 0 Å². The fourth-order valence-electron chi connectivity index (χ4n) is 0.934. The Kier molecular flexibility index (Phi) is 3.68. The van der Waals surface area contributed by atoms with E-state index in [0.29, 0.717) is 5.76 Å². The molecule has 0 aliphatic rings. The third-order valence-electron chi connectivity index (χ3n) is 1.49. The first-order chi connectivity index (χ1) is 6.68. The zero-order valence-electron chi connectivity index (χ0n) is 8.07. The molecule has 0 fully saturated rings. The fourth-order valence-corrected chi connectivity index (χ4v) is 0.934. The van der Waals surface area contributed by atoms with Gasteiger partial charge in [0, 0.05) is 6.08 Å². The predicted octanol–water partition coefficient (Wildman–Crippen LogP) is 2.78. The lowest BCUT2D eigenvalue weighted by Crippen LogP contribution is -1.96. The summed E-state index contributed by atoms with van der Waals surface area (Å²) < 4.78 is 4.75. The second kappa shape index (κ2) is 5.02. The Morgan fingerprint density at radius 1 is 1.36 bits per heavy atom. The molecule has 0 saturated carbocycles. The summed E-state index contributed by atoms with van der Waals surface area (Å²) in [6.45, 7) is 5.11. The minimum absolute atomic E-state index is 0.396. The van der Waals surface area contributed by atoms with Crippen molar-refractivity contribution >= 4 is 12.0 Å². The molecule has 72 valence electrons. The monoisotopic (exact) mass is 188 g/mol. The van der Waals surface area contributed by atoms with Gasteiger partial charge in [-0.05, 0) is 18.6 Å². The van der Waals surface area contributed by atoms with Crippen LogP contribution in [0.5, 0.6) is 0 Å². The molecule has 0 atom stereocenters. The molecule has 1 aromatic carbocycles. The Hall–Kier alpha value is -1.83. The van der Waals surface area contributed by atoms with E-state index in [4.69, 9.17) is 4.74 Å². The number of rotatable bonds is 3. The quantitative estimate of drug-likeness (QED) is 0.414. The van der Waals surface area contributed by atoms with E-state index in [0.717, 1.165) is 5.56 Å². The van der Waals surface area contributed by atoms with Crippen LogP contribution in [0, 0.1) is 0 Å². The van der Waals surface area contributed by atoms with Gasteiger partial charge in [-0.25, -0.2) is 4.79 Å². The van der Waals surface area contributed by atoms with Gasteiger partial charge in [0.1, 0.15) is 0 Å². The Bertz CT molecular complexity index is 350. The molecule has 0 aromatic heterocycles. The third-order valence-corrected chi connectivity index (χ3v) is 1.49. The highest BCUT2D eigenvalue weighted by atomic mass is 16.5. The average Bonchev–Trinajstić information content (AvgIpc) is 2.15. The summed E-state index contributed by atoms with van der Waals surface area (Å²) in [5.41, 5.74) is 0.964. The van der Waals surface area contributed by atoms with Gasteiger partial charge in [-0.15, -0.1) is 0 Å². The summed E-state index contributed by atoms with van der Waals surface area (Å²) in [5.74, 6) is -0.00550. The normalized spacial score (nSPS) is 10.1. The Labute approximate surface area is 83.5 Å². The third kappa shape index (κ3) is 3.72. The van der Waals surface area contributed by atoms with Crippen LogP contribution in [0.4, 0.5) is 0 Å². The summed E-state index contributed by atoms with van der Waals surface area (Å²) >= 11 is 0. The molecule has 0 unspecified atom stereocenters. The topological polar surface area (TPSA) is 26.3 Å². The summed E-state index contributed by atoms with van der Waals surface area (Å²) in [4.78, 5) is 11.1. The van der Waals surface area contributed by atoms with Gasteiger partial charge >= 0.3 is 5.97 Å². The second-order valence-electron chi connectivity index (χ2n) is 2.87. The molecule has 0 N–H and O–H groups in total. The smallest absolute Gasteiger partial charge is 0.335 e. The molecule has 0 aliphatic carbocycles. The molecule has 14 heavy (non-hydrogen) atoms. The highest BCUT2D eigenvalue weighted by Crippen LogP contribution is 2.01. The van der Waals surface area contributed by atoms with Gasteiger partial charge in [0.05, 0.1) is 5.76 Å². The number of esters is 1. The van der Waals surface area contributed by atoms with Crippen LogP contribution >= 0.6 is 0 Å². The van der Waals surface area contributed by atoms with Crippen LogP contribution < -0.4 is 0 Å². The Morgan fingerprint density at radius 3 is 2.57 bits per heavy atom. The van der Waals surface area contributed by atoms with E-state index in [1.807, 2.05) is 30.3 Å². The van der Waals surface area contributed by atoms with Gasteiger partial charge in [0.2, 0.25) is 0 Å². The molecule has 1 aromatic rings. The maximum atomic E-state index is 11.1. The standard InChI is InChI=1S/C12H12O2/c1-10(2)14-12(13)9-8-11-6-4-3-5-7-11/h3-9H,1H2,2H3. The zero-order valence-corrected chi connectivity index (χ0v) is 8.07. The Morgan fingerprint density at radius 2 is 2.00 bits per heavy atom. The minimum Gasteiger partial charge on any atom is -0.429 e. The molecule has 0 spiro atoms. The lowest BCUT2D eigenvalue weighted by Gasteiger charge is -1.97. The number of hydrogen-bond acceptors (Lipinski definition) is 2. The number of hydrogen-bond donors (Lipinski definition) is 0. The first-order valence-corrected chi connectivity index (χ1v) is 4.29. The van der Waals surface area contributed by atoms with Crippen LogP contribution in [0.15, 0.2) is 48.7 Å². The SMILES string of the molecule is C=C(C)OC(=O)C=Cc1ccccc1. The summed E-state index contributed by atoms with van der Waals surface area (Å²) in [6.07, 6.45) is 3.08. The molecule has 0 radical (unpaired) electrons. The van der Waals surface area contributed by atoms with Crippen molar-refractivity contribution in [2.75, 3.05) is 0 Å². The lowest BCUT2D eigenvalue weighted by molar-refractivity contribution is -0.133. The van der Waals surface area contributed by atoms with Crippen LogP contribution in [-0.4, -0.2) is 5.97 Å². The van der Waals surface area contributed by atoms with Crippen molar-refractivity contribution in [2.45, 2.75) is 6.92 Å². The molecular weight excluding hydrogens is 176 g/mol. The first-order valence-electron chi connectivity index (χ1n) is 4.29. The van der Waals surface area contributed by atoms with Gasteiger partial charge in [-0.1, -0.05) is 36.9 Å². The van der Waals surface area contributed by atoms with Crippen molar-refractivity contribution in [3.8, 4) is 0 Å². The molecule has 1 rings (SSSR count). The van der Waals surface area contributed by atoms with E-state index in [1.54, 1.807) is 13.0 Å². The van der Waals surface area contributed by atoms with Crippen molar-refractivity contribution < 1.29 is 9.53 Å². The van der Waals surface area contributed by atoms with Crippen molar-refractivity contribution in [1.82, 2.24) is 0 Å². The van der Waals surface area contributed by atoms with Gasteiger partial charge in [-0.3, -0.25) is 0 Å². The summed E-state index contributed by atoms with van der Waals surface area (Å²) in [5, 5.41) is 0. The van der Waals surface area contributed by atoms with Crippen LogP contribution in [0.1, 0.15) is 12.5 Å². The summed E-state index contributed by atoms with van der Waals surface area (Å²) in [6, 6.07) is 9.55. The van der Waals surface area contributed by atoms with Gasteiger partial charge in [-0.2, -0.15) is 0 Å². The van der Waals surface area contributed by atoms with E-state index in [1.165, 1.54) is 6.08 Å². The number of carbonyl (C=O) groups is 1. The number of carbonyl (C=O) groups excluding carboxylic acids is 1. The highest BCUT2D eigenvalue weighted by molar-refractivity contribution is 5.87. The van der Waals surface area contributed by atoms with Gasteiger partial charge < -0.3 is 4.74 Å². The van der Waals surface area contributed by atoms with E-state index in [-0.39, 0.29) is 0 Å². The van der Waals surface area contributed by atoms with Gasteiger partial charge in [0.25, 0.3) is 0 Å². The molecule has 0 aliphatic heterocycles. The van der Waals surface area contributed by atoms with E-state index >= 15 is 0 Å². The predicted molar refractivity (Wildman–Crippen MR) is 56.4 cm³/mol. The number of benzene rings is 1. The minimum atomic E-state index is -0.402. The zero-order chi connectivity index (χ0) is 10.4. The fraction of sp³-hybridized carbons (Fsp3) is 0.0833. The molecule has 0 bridgehead atoms. The maximum Gasteiger partial charge on any atom is 0.335 e. The molecular formula is C12H12O2. The van der Waals surface area contributed by atoms with Crippen LogP contribution in [-0.2, 0) is 9.53 Å². The lowest BCUT2D eigenvalue weighted by atomic mass is 10.2. The second-order valence-corrected chi connectivity index (χ2v) is 2.87. The number of allylic oxidation sites excluding steroid dienone is 1. The van der Waals surface area contributed by atoms with Crippen LogP contribution in [0.3, 0.4) is 0 Å². The maximum absolute atomic E-state index is 11.1. The largest absolute Gasteiger partial charge is 0.429 e. The van der Waals surface area contributed by atoms with E-state index < -0.39 is 5.97 Å². The first kappa shape index (κ1) is 10.3. The molecule has 0 amide bonds. The average molecular weight is 188 g/mol. The molecule has 2 nitrogen and oxygen atoms in total. The van der Waals surface area contributed by atoms with Crippen LogP contribution in [0.2, 0.25) is 0 Å². The van der Waals surface area contributed by atoms with Crippen molar-refractivity contribution in [1.29, 1.82) is 0 Å². The molecule has 0 saturated heterocycles. The number of ether oxygens (including phenoxy) is 1. The Balaban J connectivity index is 2.56. The van der Waals surface area contributed by atoms with Crippen molar-refractivity contribution in [2.24, 2.45) is 0 Å². The molecule has 2 heteroatoms. The highest BCUT2D eigenvalue weighted by Gasteiger charge is 1.95.